The van der Waals surface area contributed by atoms with E-state index in [0.717, 1.165) is 38.5 Å². The minimum atomic E-state index is 0.555. The minimum absolute atomic E-state index is 0.555. The molecule has 1 fully saturated rings. The van der Waals surface area contributed by atoms with Crippen LogP contribution in [0.25, 0.3) is 0 Å². The van der Waals surface area contributed by atoms with Gasteiger partial charge < -0.3 is 10.1 Å². The topological polar surface area (TPSA) is 39.1 Å². The number of hydrogen-bond acceptors (Lipinski definition) is 3. The van der Waals surface area contributed by atoms with Gasteiger partial charge in [0.15, 0.2) is 0 Å². The molecule has 20 heavy (non-hydrogen) atoms. The Labute approximate surface area is 122 Å². The molecule has 1 aliphatic rings. The van der Waals surface area contributed by atoms with Crippen molar-refractivity contribution in [3.8, 4) is 0 Å². The average molecular weight is 279 g/mol. The zero-order chi connectivity index (χ0) is 14.4. The lowest BCUT2D eigenvalue weighted by atomic mass is 9.88. The highest BCUT2D eigenvalue weighted by atomic mass is 16.5. The van der Waals surface area contributed by atoms with Crippen molar-refractivity contribution in [3.63, 3.8) is 0 Å². The van der Waals surface area contributed by atoms with Gasteiger partial charge in [0, 0.05) is 38.4 Å². The summed E-state index contributed by atoms with van der Waals surface area (Å²) in [4.78, 5) is 0. The van der Waals surface area contributed by atoms with Gasteiger partial charge in [0.25, 0.3) is 0 Å². The number of hydrogen-bond donors (Lipinski definition) is 1. The maximum atomic E-state index is 5.50. The van der Waals surface area contributed by atoms with Crippen molar-refractivity contribution in [2.75, 3.05) is 19.8 Å². The van der Waals surface area contributed by atoms with E-state index in [1.54, 1.807) is 0 Å². The van der Waals surface area contributed by atoms with Crippen LogP contribution in [-0.4, -0.2) is 35.6 Å². The third-order valence-electron chi connectivity index (χ3n) is 4.31. The normalized spacial score (nSPS) is 18.4. The van der Waals surface area contributed by atoms with E-state index in [9.17, 15) is 0 Å². The monoisotopic (exact) mass is 279 g/mol. The lowest BCUT2D eigenvalue weighted by molar-refractivity contribution is 0.0535. The second-order valence-electron chi connectivity index (χ2n) is 5.82. The number of aromatic nitrogens is 2. The highest BCUT2D eigenvalue weighted by Crippen LogP contribution is 2.22. The number of rotatable bonds is 7. The predicted molar refractivity (Wildman–Crippen MR) is 81.9 cm³/mol. The Morgan fingerprint density at radius 3 is 2.75 bits per heavy atom. The van der Waals surface area contributed by atoms with E-state index < -0.39 is 0 Å². The number of ether oxygens (including phenoxy) is 1. The third kappa shape index (κ3) is 4.06. The quantitative estimate of drug-likeness (QED) is 0.832. The summed E-state index contributed by atoms with van der Waals surface area (Å²) in [5.41, 5.74) is 2.55. The van der Waals surface area contributed by atoms with Crippen LogP contribution < -0.4 is 5.32 Å². The summed E-state index contributed by atoms with van der Waals surface area (Å²) in [5, 5.41) is 8.32. The van der Waals surface area contributed by atoms with Gasteiger partial charge in [-0.3, -0.25) is 4.68 Å². The second kappa shape index (κ2) is 7.79. The summed E-state index contributed by atoms with van der Waals surface area (Å²) in [6, 6.07) is 2.82. The molecule has 4 heteroatoms. The third-order valence-corrected chi connectivity index (χ3v) is 4.31. The highest BCUT2D eigenvalue weighted by molar-refractivity contribution is 5.12. The number of aryl methyl sites for hydroxylation is 2. The first-order valence-corrected chi connectivity index (χ1v) is 8.07. The van der Waals surface area contributed by atoms with Crippen molar-refractivity contribution in [3.05, 3.63) is 17.5 Å². The molecule has 0 spiro atoms. The van der Waals surface area contributed by atoms with Crippen LogP contribution in [0, 0.1) is 5.92 Å². The molecule has 0 radical (unpaired) electrons. The van der Waals surface area contributed by atoms with Gasteiger partial charge in [0.1, 0.15) is 0 Å². The van der Waals surface area contributed by atoms with Crippen molar-refractivity contribution in [1.29, 1.82) is 0 Å². The molecule has 4 nitrogen and oxygen atoms in total. The molecule has 0 amide bonds. The maximum Gasteiger partial charge on any atom is 0.0624 e. The van der Waals surface area contributed by atoms with Crippen LogP contribution >= 0.6 is 0 Å². The summed E-state index contributed by atoms with van der Waals surface area (Å²) in [6.07, 6.45) is 5.64. The van der Waals surface area contributed by atoms with Crippen LogP contribution in [0.2, 0.25) is 0 Å². The number of nitrogens with one attached hydrogen (secondary N) is 1. The first-order chi connectivity index (χ1) is 9.74. The first-order valence-electron chi connectivity index (χ1n) is 8.07. The number of nitrogens with zero attached hydrogens (tertiary/aromatic N) is 2. The standard InChI is InChI=1S/C16H29N3O/c1-4-8-17-16(13-6-9-20-10-7-13)12-15-11-14(5-2)18-19(15)3/h11,13,16-17H,4-10,12H2,1-3H3. The van der Waals surface area contributed by atoms with Crippen LogP contribution in [0.15, 0.2) is 6.07 Å². The maximum absolute atomic E-state index is 5.50. The molecular weight excluding hydrogens is 250 g/mol. The molecule has 1 aromatic rings. The molecule has 1 N–H and O–H groups in total. The Kier molecular flexibility index (Phi) is 6.05. The van der Waals surface area contributed by atoms with E-state index in [4.69, 9.17) is 4.74 Å². The molecular formula is C16H29N3O. The van der Waals surface area contributed by atoms with E-state index in [1.165, 1.54) is 30.7 Å². The summed E-state index contributed by atoms with van der Waals surface area (Å²) < 4.78 is 7.56. The molecule has 0 saturated carbocycles. The van der Waals surface area contributed by atoms with Crippen molar-refractivity contribution in [2.45, 2.75) is 52.0 Å². The largest absolute Gasteiger partial charge is 0.381 e. The summed E-state index contributed by atoms with van der Waals surface area (Å²) in [6.45, 7) is 7.33. The van der Waals surface area contributed by atoms with Gasteiger partial charge in [0.05, 0.1) is 5.69 Å². The Morgan fingerprint density at radius 2 is 2.15 bits per heavy atom. The van der Waals surface area contributed by atoms with E-state index in [2.05, 4.69) is 42.1 Å². The van der Waals surface area contributed by atoms with E-state index >= 15 is 0 Å². The summed E-state index contributed by atoms with van der Waals surface area (Å²) in [5.74, 6) is 0.732. The van der Waals surface area contributed by atoms with Gasteiger partial charge in [-0.1, -0.05) is 13.8 Å². The molecule has 0 bridgehead atoms. The fourth-order valence-corrected chi connectivity index (χ4v) is 3.01. The minimum Gasteiger partial charge on any atom is -0.381 e. The van der Waals surface area contributed by atoms with Gasteiger partial charge >= 0.3 is 0 Å². The Hall–Kier alpha value is -0.870. The van der Waals surface area contributed by atoms with E-state index in [-0.39, 0.29) is 0 Å². The zero-order valence-electron chi connectivity index (χ0n) is 13.2. The van der Waals surface area contributed by atoms with Gasteiger partial charge in [-0.05, 0) is 44.2 Å². The van der Waals surface area contributed by atoms with Gasteiger partial charge in [0.2, 0.25) is 0 Å². The molecule has 2 rings (SSSR count). The first kappa shape index (κ1) is 15.5. The lowest BCUT2D eigenvalue weighted by Crippen LogP contribution is -2.41. The van der Waals surface area contributed by atoms with Gasteiger partial charge in [-0.15, -0.1) is 0 Å². The van der Waals surface area contributed by atoms with Crippen LogP contribution in [0.1, 0.15) is 44.5 Å². The molecule has 1 aliphatic heterocycles. The summed E-state index contributed by atoms with van der Waals surface area (Å²) >= 11 is 0. The van der Waals surface area contributed by atoms with Crippen molar-refractivity contribution in [1.82, 2.24) is 15.1 Å². The van der Waals surface area contributed by atoms with Crippen LogP contribution in [0.4, 0.5) is 0 Å². The van der Waals surface area contributed by atoms with Crippen LogP contribution in [0.3, 0.4) is 0 Å². The molecule has 2 heterocycles. The van der Waals surface area contributed by atoms with E-state index in [1.807, 2.05) is 0 Å². The van der Waals surface area contributed by atoms with Crippen LogP contribution in [-0.2, 0) is 24.6 Å². The fourth-order valence-electron chi connectivity index (χ4n) is 3.01. The SMILES string of the molecule is CCCNC(Cc1cc(CC)nn1C)C1CCOCC1. The molecule has 0 aromatic carbocycles. The molecule has 0 aliphatic carbocycles. The fraction of sp³-hybridized carbons (Fsp3) is 0.812. The molecule has 114 valence electrons. The lowest BCUT2D eigenvalue weighted by Gasteiger charge is -2.31. The highest BCUT2D eigenvalue weighted by Gasteiger charge is 2.24. The Morgan fingerprint density at radius 1 is 1.40 bits per heavy atom. The predicted octanol–water partition coefficient (Wildman–Crippen LogP) is 2.32. The van der Waals surface area contributed by atoms with Crippen molar-refractivity contribution in [2.24, 2.45) is 13.0 Å². The van der Waals surface area contributed by atoms with Crippen LogP contribution in [0.5, 0.6) is 0 Å². The molecule has 1 unspecified atom stereocenters. The van der Waals surface area contributed by atoms with Crippen molar-refractivity contribution >= 4 is 0 Å². The smallest absolute Gasteiger partial charge is 0.0624 e. The second-order valence-corrected chi connectivity index (χ2v) is 5.82. The Bertz CT molecular complexity index is 396. The molecule has 1 aromatic heterocycles. The molecule has 1 atom stereocenters. The van der Waals surface area contributed by atoms with E-state index in [0.29, 0.717) is 6.04 Å². The van der Waals surface area contributed by atoms with Crippen molar-refractivity contribution < 1.29 is 4.74 Å². The summed E-state index contributed by atoms with van der Waals surface area (Å²) in [7, 11) is 2.06. The zero-order valence-corrected chi connectivity index (χ0v) is 13.2. The average Bonchev–Trinajstić information content (AvgIpc) is 2.84. The Balaban J connectivity index is 2.03. The van der Waals surface area contributed by atoms with Gasteiger partial charge in [-0.2, -0.15) is 5.10 Å². The molecule has 1 saturated heterocycles. The van der Waals surface area contributed by atoms with Gasteiger partial charge in [-0.25, -0.2) is 0 Å².